The molecule has 0 unspecified atom stereocenters. The number of anilines is 1. The van der Waals surface area contributed by atoms with Crippen LogP contribution >= 0.6 is 28.1 Å². The van der Waals surface area contributed by atoms with Crippen molar-refractivity contribution in [2.24, 2.45) is 5.73 Å². The number of hydrogen-bond donors (Lipinski definition) is 1. The fourth-order valence-corrected chi connectivity index (χ4v) is 2.63. The van der Waals surface area contributed by atoms with E-state index in [-0.39, 0.29) is 0 Å². The Morgan fingerprint density at radius 3 is 2.50 bits per heavy atom. The van der Waals surface area contributed by atoms with Gasteiger partial charge in [0.1, 0.15) is 4.99 Å². The zero-order chi connectivity index (χ0) is 15.0. The molecule has 6 heteroatoms. The van der Waals surface area contributed by atoms with Crippen molar-refractivity contribution in [1.29, 1.82) is 0 Å². The van der Waals surface area contributed by atoms with Gasteiger partial charge in [-0.15, -0.1) is 0 Å². The van der Waals surface area contributed by atoms with Gasteiger partial charge in [-0.1, -0.05) is 12.2 Å². The lowest BCUT2D eigenvalue weighted by molar-refractivity contribution is 0.191. The number of methoxy groups -OCH3 is 2. The average Bonchev–Trinajstić information content (AvgIpc) is 2.43. The Hall–Kier alpha value is -0.690. The van der Waals surface area contributed by atoms with Crippen LogP contribution in [0.1, 0.15) is 12.0 Å². The van der Waals surface area contributed by atoms with Crippen molar-refractivity contribution in [2.75, 3.05) is 45.4 Å². The van der Waals surface area contributed by atoms with Crippen molar-refractivity contribution in [2.45, 2.75) is 6.42 Å². The molecule has 0 aliphatic carbocycles. The second-order valence-corrected chi connectivity index (χ2v) is 5.65. The van der Waals surface area contributed by atoms with Gasteiger partial charge >= 0.3 is 0 Å². The Balaban J connectivity index is 2.85. The number of thiocarbonyl (C=S) groups is 1. The lowest BCUT2D eigenvalue weighted by Crippen LogP contribution is -2.29. The van der Waals surface area contributed by atoms with Crippen LogP contribution < -0.4 is 10.6 Å². The van der Waals surface area contributed by atoms with Crippen LogP contribution in [-0.2, 0) is 9.47 Å². The van der Waals surface area contributed by atoms with E-state index in [1.807, 2.05) is 18.2 Å². The van der Waals surface area contributed by atoms with Gasteiger partial charge in [-0.05, 0) is 40.5 Å². The smallest absolute Gasteiger partial charge is 0.104 e. The van der Waals surface area contributed by atoms with Crippen LogP contribution in [0.2, 0.25) is 0 Å². The van der Waals surface area contributed by atoms with Gasteiger partial charge < -0.3 is 20.1 Å². The minimum absolute atomic E-state index is 0.403. The van der Waals surface area contributed by atoms with E-state index in [0.717, 1.165) is 41.8 Å². The van der Waals surface area contributed by atoms with Crippen LogP contribution in [0.5, 0.6) is 0 Å². The van der Waals surface area contributed by atoms with Gasteiger partial charge in [0.05, 0.1) is 12.3 Å². The minimum atomic E-state index is 0.403. The molecule has 0 bridgehead atoms. The third-order valence-corrected chi connectivity index (χ3v) is 3.79. The molecule has 0 aromatic heterocycles. The molecule has 20 heavy (non-hydrogen) atoms. The molecule has 1 aromatic carbocycles. The molecule has 112 valence electrons. The summed E-state index contributed by atoms with van der Waals surface area (Å²) in [6.07, 6.45) is 0.962. The summed E-state index contributed by atoms with van der Waals surface area (Å²) in [5.41, 5.74) is 7.62. The normalized spacial score (nSPS) is 10.6. The van der Waals surface area contributed by atoms with Crippen LogP contribution in [0.3, 0.4) is 0 Å². The third kappa shape index (κ3) is 5.36. The molecule has 4 nitrogen and oxygen atoms in total. The summed E-state index contributed by atoms with van der Waals surface area (Å²) < 4.78 is 11.3. The zero-order valence-corrected chi connectivity index (χ0v) is 14.3. The van der Waals surface area contributed by atoms with Gasteiger partial charge in [-0.2, -0.15) is 0 Å². The van der Waals surface area contributed by atoms with E-state index in [1.54, 1.807) is 14.2 Å². The van der Waals surface area contributed by atoms with E-state index >= 15 is 0 Å². The summed E-state index contributed by atoms with van der Waals surface area (Å²) in [5, 5.41) is 0. The first-order chi connectivity index (χ1) is 9.60. The molecule has 0 spiro atoms. The van der Waals surface area contributed by atoms with E-state index in [0.29, 0.717) is 11.6 Å². The molecular weight excluding hydrogens is 340 g/mol. The van der Waals surface area contributed by atoms with Crippen molar-refractivity contribution < 1.29 is 9.47 Å². The Labute approximate surface area is 134 Å². The fourth-order valence-electron chi connectivity index (χ4n) is 1.87. The Bertz CT molecular complexity index is 443. The Morgan fingerprint density at radius 2 is 1.95 bits per heavy atom. The summed E-state index contributed by atoms with van der Waals surface area (Å²) in [7, 11) is 3.42. The maximum Gasteiger partial charge on any atom is 0.104 e. The van der Waals surface area contributed by atoms with Crippen molar-refractivity contribution in [3.63, 3.8) is 0 Å². The molecule has 1 aromatic rings. The molecule has 2 N–H and O–H groups in total. The van der Waals surface area contributed by atoms with E-state index < -0.39 is 0 Å². The molecular formula is C14H21BrN2O2S. The van der Waals surface area contributed by atoms with Gasteiger partial charge in [-0.25, -0.2) is 0 Å². The molecule has 0 heterocycles. The Morgan fingerprint density at radius 1 is 1.25 bits per heavy atom. The molecule has 0 saturated heterocycles. The van der Waals surface area contributed by atoms with Crippen LogP contribution in [0.4, 0.5) is 5.69 Å². The van der Waals surface area contributed by atoms with Crippen molar-refractivity contribution >= 4 is 38.8 Å². The van der Waals surface area contributed by atoms with E-state index in [2.05, 4.69) is 20.8 Å². The summed E-state index contributed by atoms with van der Waals surface area (Å²) in [5.74, 6) is 0. The van der Waals surface area contributed by atoms with Crippen molar-refractivity contribution in [1.82, 2.24) is 0 Å². The second-order valence-electron chi connectivity index (χ2n) is 4.36. The molecule has 0 fully saturated rings. The topological polar surface area (TPSA) is 47.7 Å². The highest BCUT2D eigenvalue weighted by Crippen LogP contribution is 2.27. The number of halogens is 1. The summed E-state index contributed by atoms with van der Waals surface area (Å²) >= 11 is 8.58. The standard InChI is InChI=1S/C14H21BrN2O2S/c1-18-8-3-6-17(7-9-19-2)13-5-4-11(14(16)20)10-12(13)15/h4-5,10H,3,6-9H2,1-2H3,(H2,16,20). The first kappa shape index (κ1) is 17.4. The first-order valence-corrected chi connectivity index (χ1v) is 7.62. The quantitative estimate of drug-likeness (QED) is 0.541. The highest BCUT2D eigenvalue weighted by Gasteiger charge is 2.11. The predicted molar refractivity (Wildman–Crippen MR) is 90.6 cm³/mol. The van der Waals surface area contributed by atoms with Gasteiger partial charge in [0.25, 0.3) is 0 Å². The second kappa shape index (κ2) is 9.28. The molecule has 0 aliphatic heterocycles. The number of rotatable bonds is 9. The zero-order valence-electron chi connectivity index (χ0n) is 11.9. The van der Waals surface area contributed by atoms with Crippen LogP contribution in [0.25, 0.3) is 0 Å². The largest absolute Gasteiger partial charge is 0.389 e. The maximum atomic E-state index is 5.65. The van der Waals surface area contributed by atoms with E-state index in [4.69, 9.17) is 27.4 Å². The molecule has 0 aliphatic rings. The lowest BCUT2D eigenvalue weighted by atomic mass is 10.2. The lowest BCUT2D eigenvalue weighted by Gasteiger charge is -2.26. The van der Waals surface area contributed by atoms with Crippen LogP contribution in [-0.4, -0.2) is 45.5 Å². The molecule has 1 rings (SSSR count). The summed E-state index contributed by atoms with van der Waals surface area (Å²) in [6.45, 7) is 3.15. The summed E-state index contributed by atoms with van der Waals surface area (Å²) in [4.78, 5) is 2.66. The van der Waals surface area contributed by atoms with Crippen molar-refractivity contribution in [3.8, 4) is 0 Å². The molecule has 0 atom stereocenters. The highest BCUT2D eigenvalue weighted by atomic mass is 79.9. The number of benzene rings is 1. The van der Waals surface area contributed by atoms with Crippen molar-refractivity contribution in [3.05, 3.63) is 28.2 Å². The number of ether oxygens (including phenoxy) is 2. The molecule has 0 radical (unpaired) electrons. The summed E-state index contributed by atoms with van der Waals surface area (Å²) in [6, 6.07) is 5.92. The van der Waals surface area contributed by atoms with Gasteiger partial charge in [0, 0.05) is 44.0 Å². The maximum absolute atomic E-state index is 5.65. The third-order valence-electron chi connectivity index (χ3n) is 2.91. The molecule has 0 saturated carbocycles. The van der Waals surface area contributed by atoms with Crippen LogP contribution in [0.15, 0.2) is 22.7 Å². The first-order valence-electron chi connectivity index (χ1n) is 6.42. The number of hydrogen-bond acceptors (Lipinski definition) is 4. The van der Waals surface area contributed by atoms with Gasteiger partial charge in [0.15, 0.2) is 0 Å². The fraction of sp³-hybridized carbons (Fsp3) is 0.500. The number of nitrogens with zero attached hydrogens (tertiary/aromatic N) is 1. The average molecular weight is 361 g/mol. The SMILES string of the molecule is COCCCN(CCOC)c1ccc(C(N)=S)cc1Br. The van der Waals surface area contributed by atoms with Gasteiger partial charge in [-0.3, -0.25) is 0 Å². The Kier molecular flexibility index (Phi) is 8.06. The van der Waals surface area contributed by atoms with E-state index in [1.165, 1.54) is 0 Å². The predicted octanol–water partition coefficient (Wildman–Crippen LogP) is 2.57. The monoisotopic (exact) mass is 360 g/mol. The highest BCUT2D eigenvalue weighted by molar-refractivity contribution is 9.10. The minimum Gasteiger partial charge on any atom is -0.389 e. The van der Waals surface area contributed by atoms with E-state index in [9.17, 15) is 0 Å². The van der Waals surface area contributed by atoms with Gasteiger partial charge in [0.2, 0.25) is 0 Å². The molecule has 0 amide bonds. The van der Waals surface area contributed by atoms with Crippen LogP contribution in [0, 0.1) is 0 Å². The number of nitrogens with two attached hydrogens (primary N) is 1.